The first kappa shape index (κ1) is 7.03. The molecule has 3 nitrogen and oxygen atoms in total. The standard InChI is InChI=1S/C9H8N2O/c1-11-6-5-7-8(10-12)3-2-4-9(7)11/h2-6H,1H3. The monoisotopic (exact) mass is 160 g/mol. The number of hydrogen-bond acceptors (Lipinski definition) is 2. The molecule has 1 heterocycles. The SMILES string of the molecule is Cn1ccc2c(N=O)cccc21. The van der Waals surface area contributed by atoms with E-state index in [0.29, 0.717) is 5.69 Å². The van der Waals surface area contributed by atoms with Gasteiger partial charge in [0.25, 0.3) is 0 Å². The van der Waals surface area contributed by atoms with Gasteiger partial charge in [0, 0.05) is 18.6 Å². The average molecular weight is 160 g/mol. The molecule has 0 fully saturated rings. The van der Waals surface area contributed by atoms with E-state index in [1.165, 1.54) is 0 Å². The number of aryl methyl sites for hydroxylation is 1. The second kappa shape index (κ2) is 2.44. The quantitative estimate of drug-likeness (QED) is 0.590. The average Bonchev–Trinajstić information content (AvgIpc) is 2.48. The Morgan fingerprint density at radius 2 is 2.17 bits per heavy atom. The van der Waals surface area contributed by atoms with Crippen LogP contribution >= 0.6 is 0 Å². The molecule has 0 atom stereocenters. The molecule has 0 aliphatic carbocycles. The lowest BCUT2D eigenvalue weighted by Crippen LogP contribution is -1.82. The van der Waals surface area contributed by atoms with Crippen LogP contribution in [0.5, 0.6) is 0 Å². The zero-order chi connectivity index (χ0) is 8.55. The largest absolute Gasteiger partial charge is 0.350 e. The zero-order valence-corrected chi connectivity index (χ0v) is 6.69. The van der Waals surface area contributed by atoms with Crippen molar-refractivity contribution >= 4 is 16.6 Å². The highest BCUT2D eigenvalue weighted by atomic mass is 16.3. The summed E-state index contributed by atoms with van der Waals surface area (Å²) in [6.07, 6.45) is 1.92. The summed E-state index contributed by atoms with van der Waals surface area (Å²) in [6, 6.07) is 7.41. The van der Waals surface area contributed by atoms with Crippen molar-refractivity contribution in [3.05, 3.63) is 35.4 Å². The lowest BCUT2D eigenvalue weighted by Gasteiger charge is -1.95. The summed E-state index contributed by atoms with van der Waals surface area (Å²) in [5, 5.41) is 3.86. The minimum absolute atomic E-state index is 0.508. The van der Waals surface area contributed by atoms with E-state index in [0.717, 1.165) is 10.9 Å². The van der Waals surface area contributed by atoms with Crippen molar-refractivity contribution in [2.45, 2.75) is 0 Å². The number of nitrogens with zero attached hydrogens (tertiary/aromatic N) is 2. The van der Waals surface area contributed by atoms with Crippen molar-refractivity contribution in [3.63, 3.8) is 0 Å². The topological polar surface area (TPSA) is 34.4 Å². The Labute approximate surface area is 69.6 Å². The Kier molecular flexibility index (Phi) is 1.43. The summed E-state index contributed by atoms with van der Waals surface area (Å²) in [7, 11) is 1.94. The van der Waals surface area contributed by atoms with Gasteiger partial charge in [-0.15, -0.1) is 4.91 Å². The molecule has 0 aliphatic rings. The van der Waals surface area contributed by atoms with Crippen LogP contribution in [-0.2, 0) is 7.05 Å². The molecule has 0 amide bonds. The Balaban J connectivity index is 2.89. The van der Waals surface area contributed by atoms with Crippen molar-refractivity contribution in [3.8, 4) is 0 Å². The van der Waals surface area contributed by atoms with E-state index in [2.05, 4.69) is 5.18 Å². The van der Waals surface area contributed by atoms with Gasteiger partial charge in [0.15, 0.2) is 0 Å². The van der Waals surface area contributed by atoms with E-state index < -0.39 is 0 Å². The molecule has 0 saturated heterocycles. The number of hydrogen-bond donors (Lipinski definition) is 0. The van der Waals surface area contributed by atoms with Crippen LogP contribution in [0.3, 0.4) is 0 Å². The maximum Gasteiger partial charge on any atom is 0.117 e. The third kappa shape index (κ3) is 0.830. The number of nitroso groups, excluding NO2 is 1. The fourth-order valence-electron chi connectivity index (χ4n) is 1.37. The molecule has 1 aromatic carbocycles. The molecule has 3 heteroatoms. The van der Waals surface area contributed by atoms with Gasteiger partial charge >= 0.3 is 0 Å². The van der Waals surface area contributed by atoms with Gasteiger partial charge in [-0.3, -0.25) is 0 Å². The first-order valence-electron chi connectivity index (χ1n) is 3.70. The minimum atomic E-state index is 0.508. The van der Waals surface area contributed by atoms with E-state index in [1.54, 1.807) is 6.07 Å². The summed E-state index contributed by atoms with van der Waals surface area (Å²) in [5.74, 6) is 0. The molecule has 12 heavy (non-hydrogen) atoms. The molecule has 2 rings (SSSR count). The Bertz CT molecular complexity index is 431. The molecule has 1 aromatic heterocycles. The fraction of sp³-hybridized carbons (Fsp3) is 0.111. The summed E-state index contributed by atoms with van der Waals surface area (Å²) in [6.45, 7) is 0. The van der Waals surface area contributed by atoms with Crippen LogP contribution in [0.25, 0.3) is 10.9 Å². The van der Waals surface area contributed by atoms with Gasteiger partial charge in [0.05, 0.1) is 5.52 Å². The second-order valence-corrected chi connectivity index (χ2v) is 2.73. The van der Waals surface area contributed by atoms with E-state index in [4.69, 9.17) is 0 Å². The first-order chi connectivity index (χ1) is 5.83. The normalized spacial score (nSPS) is 10.4. The summed E-state index contributed by atoms with van der Waals surface area (Å²) in [4.78, 5) is 10.4. The van der Waals surface area contributed by atoms with Crippen LogP contribution in [0, 0.1) is 4.91 Å². The van der Waals surface area contributed by atoms with Gasteiger partial charge in [0.1, 0.15) is 5.69 Å². The predicted molar refractivity (Wildman–Crippen MR) is 48.4 cm³/mol. The van der Waals surface area contributed by atoms with Gasteiger partial charge in [-0.05, 0) is 23.4 Å². The molecular weight excluding hydrogens is 152 g/mol. The highest BCUT2D eigenvalue weighted by Crippen LogP contribution is 2.25. The number of fused-ring (bicyclic) bond motifs is 1. The van der Waals surface area contributed by atoms with E-state index >= 15 is 0 Å². The summed E-state index contributed by atoms with van der Waals surface area (Å²) in [5.41, 5.74) is 1.54. The molecule has 0 N–H and O–H groups in total. The number of aromatic nitrogens is 1. The minimum Gasteiger partial charge on any atom is -0.350 e. The van der Waals surface area contributed by atoms with E-state index in [9.17, 15) is 4.91 Å². The van der Waals surface area contributed by atoms with Crippen molar-refractivity contribution < 1.29 is 0 Å². The van der Waals surface area contributed by atoms with Crippen LogP contribution in [-0.4, -0.2) is 4.57 Å². The van der Waals surface area contributed by atoms with Crippen LogP contribution in [0.2, 0.25) is 0 Å². The zero-order valence-electron chi connectivity index (χ0n) is 6.69. The first-order valence-corrected chi connectivity index (χ1v) is 3.70. The van der Waals surface area contributed by atoms with E-state index in [1.807, 2.05) is 36.0 Å². The van der Waals surface area contributed by atoms with Crippen LogP contribution in [0.15, 0.2) is 35.6 Å². The van der Waals surface area contributed by atoms with Gasteiger partial charge in [-0.1, -0.05) is 6.07 Å². The van der Waals surface area contributed by atoms with Crippen LogP contribution in [0.1, 0.15) is 0 Å². The molecule has 0 spiro atoms. The van der Waals surface area contributed by atoms with Crippen LogP contribution in [0.4, 0.5) is 5.69 Å². The lowest BCUT2D eigenvalue weighted by atomic mass is 10.2. The Morgan fingerprint density at radius 1 is 1.33 bits per heavy atom. The predicted octanol–water partition coefficient (Wildman–Crippen LogP) is 2.58. The molecular formula is C9H8N2O. The van der Waals surface area contributed by atoms with Crippen molar-refractivity contribution in [2.75, 3.05) is 0 Å². The maximum absolute atomic E-state index is 10.4. The Morgan fingerprint density at radius 3 is 2.92 bits per heavy atom. The van der Waals surface area contributed by atoms with Crippen molar-refractivity contribution in [1.82, 2.24) is 4.57 Å². The number of rotatable bonds is 1. The van der Waals surface area contributed by atoms with Gasteiger partial charge in [0.2, 0.25) is 0 Å². The maximum atomic E-state index is 10.4. The smallest absolute Gasteiger partial charge is 0.117 e. The highest BCUT2D eigenvalue weighted by Gasteiger charge is 2.02. The molecule has 0 unspecified atom stereocenters. The third-order valence-corrected chi connectivity index (χ3v) is 2.00. The number of benzene rings is 1. The van der Waals surface area contributed by atoms with E-state index in [-0.39, 0.29) is 0 Å². The molecule has 0 bridgehead atoms. The van der Waals surface area contributed by atoms with Crippen LogP contribution < -0.4 is 0 Å². The molecule has 60 valence electrons. The highest BCUT2D eigenvalue weighted by molar-refractivity contribution is 5.90. The van der Waals surface area contributed by atoms with Gasteiger partial charge in [-0.25, -0.2) is 0 Å². The fourth-order valence-corrected chi connectivity index (χ4v) is 1.37. The molecule has 0 saturated carbocycles. The second-order valence-electron chi connectivity index (χ2n) is 2.73. The third-order valence-electron chi connectivity index (χ3n) is 2.00. The van der Waals surface area contributed by atoms with Crippen molar-refractivity contribution in [2.24, 2.45) is 12.2 Å². The lowest BCUT2D eigenvalue weighted by molar-refractivity contribution is 0.969. The van der Waals surface area contributed by atoms with Crippen molar-refractivity contribution in [1.29, 1.82) is 0 Å². The molecule has 2 aromatic rings. The summed E-state index contributed by atoms with van der Waals surface area (Å²) >= 11 is 0. The van der Waals surface area contributed by atoms with Gasteiger partial charge < -0.3 is 4.57 Å². The Hall–Kier alpha value is -1.64. The molecule has 0 aliphatic heterocycles. The molecule has 0 radical (unpaired) electrons. The van der Waals surface area contributed by atoms with Gasteiger partial charge in [-0.2, -0.15) is 0 Å². The summed E-state index contributed by atoms with van der Waals surface area (Å²) < 4.78 is 1.96.